The van der Waals surface area contributed by atoms with E-state index in [4.69, 9.17) is 28.0 Å². The molecule has 0 bridgehead atoms. The number of carbonyl (C=O) groups is 1. The van der Waals surface area contributed by atoms with Gasteiger partial charge in [-0.25, -0.2) is 4.98 Å². The zero-order valence-electron chi connectivity index (χ0n) is 20.8. The van der Waals surface area contributed by atoms with E-state index in [1.807, 2.05) is 18.0 Å². The second-order valence-electron chi connectivity index (χ2n) is 10.1. The van der Waals surface area contributed by atoms with Gasteiger partial charge in [0.25, 0.3) is 0 Å². The summed E-state index contributed by atoms with van der Waals surface area (Å²) in [6, 6.07) is 11.1. The van der Waals surface area contributed by atoms with E-state index < -0.39 is 0 Å². The minimum atomic E-state index is 0.0645. The molecule has 36 heavy (non-hydrogen) atoms. The molecule has 5 rings (SSSR count). The number of hydrogen-bond donors (Lipinski definition) is 1. The molecule has 0 unspecified atom stereocenters. The highest BCUT2D eigenvalue weighted by molar-refractivity contribution is 6.17. The number of halogens is 1. The number of aliphatic imine (C=N–C) groups is 2. The molecule has 2 heterocycles. The highest BCUT2D eigenvalue weighted by Crippen LogP contribution is 2.33. The van der Waals surface area contributed by atoms with Crippen LogP contribution in [0, 0.1) is 18.4 Å². The van der Waals surface area contributed by atoms with Crippen LogP contribution in [-0.4, -0.2) is 51.3 Å². The molecule has 1 aromatic carbocycles. The fourth-order valence-corrected chi connectivity index (χ4v) is 5.69. The van der Waals surface area contributed by atoms with E-state index in [0.717, 1.165) is 68.8 Å². The van der Waals surface area contributed by atoms with Crippen LogP contribution in [0.4, 0.5) is 0 Å². The van der Waals surface area contributed by atoms with Crippen molar-refractivity contribution in [2.45, 2.75) is 69.7 Å². The largest absolute Gasteiger partial charge is 0.349 e. The number of aryl methyl sites for hydroxylation is 1. The van der Waals surface area contributed by atoms with Crippen molar-refractivity contribution < 1.29 is 4.79 Å². The lowest BCUT2D eigenvalue weighted by atomic mass is 9.83. The summed E-state index contributed by atoms with van der Waals surface area (Å²) < 4.78 is 2.06. The van der Waals surface area contributed by atoms with Crippen LogP contribution < -0.4 is 5.32 Å². The molecule has 2 aromatic rings. The Hall–Kier alpha value is -3.11. The number of hydrogen-bond acceptors (Lipinski definition) is 3. The number of imidazole rings is 1. The van der Waals surface area contributed by atoms with Gasteiger partial charge >= 0.3 is 0 Å². The summed E-state index contributed by atoms with van der Waals surface area (Å²) in [5.41, 5.74) is 3.69. The molecular formula is C28H33ClN6O. The summed E-state index contributed by atoms with van der Waals surface area (Å²) in [6.45, 7) is 3.41. The van der Waals surface area contributed by atoms with E-state index in [1.165, 1.54) is 11.1 Å². The smallest absolute Gasteiger partial charge is 0.233 e. The molecule has 2 fully saturated rings. The van der Waals surface area contributed by atoms with E-state index in [1.54, 1.807) is 0 Å². The number of piperidine rings is 1. The van der Waals surface area contributed by atoms with Gasteiger partial charge < -0.3 is 10.2 Å². The van der Waals surface area contributed by atoms with Crippen molar-refractivity contribution in [3.05, 3.63) is 53.1 Å². The Labute approximate surface area is 218 Å². The average molecular weight is 505 g/mol. The number of fused-ring (bicyclic) bond motifs is 1. The van der Waals surface area contributed by atoms with E-state index in [2.05, 4.69) is 45.2 Å². The van der Waals surface area contributed by atoms with Gasteiger partial charge in [-0.3, -0.25) is 9.36 Å². The minimum Gasteiger partial charge on any atom is -0.349 e. The molecule has 1 saturated heterocycles. The SMILES string of the molecule is C#CN=C(N=C(C)n1c(CCl)cnc1[C@@H]1CCc2ccccc2C1)N[C@H]1CCCN(C(=O)C2CC2)C1. The fourth-order valence-electron chi connectivity index (χ4n) is 5.50. The van der Waals surface area contributed by atoms with Crippen LogP contribution in [0.3, 0.4) is 0 Å². The highest BCUT2D eigenvalue weighted by Gasteiger charge is 2.35. The molecule has 2 aliphatic carbocycles. The predicted octanol–water partition coefficient (Wildman–Crippen LogP) is 4.10. The summed E-state index contributed by atoms with van der Waals surface area (Å²) in [6.07, 6.45) is 14.3. The van der Waals surface area contributed by atoms with Gasteiger partial charge in [0.2, 0.25) is 11.9 Å². The Balaban J connectivity index is 1.36. The zero-order chi connectivity index (χ0) is 25.1. The molecule has 1 N–H and O–H groups in total. The second-order valence-corrected chi connectivity index (χ2v) is 10.3. The minimum absolute atomic E-state index is 0.0645. The normalized spacial score (nSPS) is 22.6. The van der Waals surface area contributed by atoms with Crippen molar-refractivity contribution in [3.8, 4) is 12.5 Å². The van der Waals surface area contributed by atoms with Gasteiger partial charge in [-0.1, -0.05) is 30.7 Å². The van der Waals surface area contributed by atoms with Crippen LogP contribution in [0.1, 0.15) is 67.6 Å². The summed E-state index contributed by atoms with van der Waals surface area (Å²) in [4.78, 5) is 28.3. The number of rotatable bonds is 4. The van der Waals surface area contributed by atoms with Crippen LogP contribution in [0.5, 0.6) is 0 Å². The van der Waals surface area contributed by atoms with Gasteiger partial charge in [-0.2, -0.15) is 9.98 Å². The molecule has 8 heteroatoms. The number of aromatic nitrogens is 2. The molecule has 2 atom stereocenters. The first kappa shape index (κ1) is 24.6. The predicted molar refractivity (Wildman–Crippen MR) is 143 cm³/mol. The van der Waals surface area contributed by atoms with Gasteiger partial charge in [0, 0.05) is 37.0 Å². The van der Waals surface area contributed by atoms with Crippen LogP contribution in [-0.2, 0) is 23.5 Å². The number of nitrogens with zero attached hydrogens (tertiary/aromatic N) is 5. The number of terminal acetylenes is 1. The number of benzene rings is 1. The molecule has 7 nitrogen and oxygen atoms in total. The van der Waals surface area contributed by atoms with E-state index in [0.29, 0.717) is 18.4 Å². The first-order valence-corrected chi connectivity index (χ1v) is 13.4. The molecular weight excluding hydrogens is 472 g/mol. The first-order chi connectivity index (χ1) is 17.6. The van der Waals surface area contributed by atoms with Crippen LogP contribution in [0.25, 0.3) is 0 Å². The Bertz CT molecular complexity index is 1220. The van der Waals surface area contributed by atoms with Crippen LogP contribution in [0.15, 0.2) is 40.4 Å². The standard InChI is InChI=1S/C28H33ClN6O/c1-3-30-28(33-24-9-6-14-34(18-24)27(36)21-11-12-21)32-19(2)35-25(16-29)17-31-26(35)23-13-10-20-7-4-5-8-22(20)15-23/h1,4-5,7-8,17,21,23-24H,6,9-16,18H2,2H3,(H,30,33)/t23-,24+/m1/s1. The van der Waals surface area contributed by atoms with Crippen molar-refractivity contribution in [2.75, 3.05) is 13.1 Å². The van der Waals surface area contributed by atoms with Crippen molar-refractivity contribution >= 4 is 29.3 Å². The highest BCUT2D eigenvalue weighted by atomic mass is 35.5. The molecule has 0 radical (unpaired) electrons. The third-order valence-electron chi connectivity index (χ3n) is 7.47. The van der Waals surface area contributed by atoms with Crippen molar-refractivity contribution in [2.24, 2.45) is 15.9 Å². The van der Waals surface area contributed by atoms with Crippen molar-refractivity contribution in [3.63, 3.8) is 0 Å². The quantitative estimate of drug-likeness (QED) is 0.295. The fraction of sp³-hybridized carbons (Fsp3) is 0.500. The Morgan fingerprint density at radius 1 is 1.25 bits per heavy atom. The van der Waals surface area contributed by atoms with E-state index in [9.17, 15) is 4.79 Å². The van der Waals surface area contributed by atoms with Crippen LogP contribution in [0.2, 0.25) is 0 Å². The molecule has 1 aromatic heterocycles. The van der Waals surface area contributed by atoms with Gasteiger partial charge in [-0.15, -0.1) is 11.6 Å². The first-order valence-electron chi connectivity index (χ1n) is 12.9. The number of nitrogens with one attached hydrogen (secondary N) is 1. The Morgan fingerprint density at radius 2 is 2.06 bits per heavy atom. The maximum atomic E-state index is 12.6. The van der Waals surface area contributed by atoms with Crippen molar-refractivity contribution in [1.29, 1.82) is 0 Å². The zero-order valence-corrected chi connectivity index (χ0v) is 21.5. The van der Waals surface area contributed by atoms with Crippen molar-refractivity contribution in [1.82, 2.24) is 19.8 Å². The monoisotopic (exact) mass is 504 g/mol. The lowest BCUT2D eigenvalue weighted by Crippen LogP contribution is -2.50. The second kappa shape index (κ2) is 10.9. The molecule has 0 spiro atoms. The molecule has 3 aliphatic rings. The number of likely N-dealkylation sites (tertiary alicyclic amines) is 1. The van der Waals surface area contributed by atoms with Gasteiger partial charge in [-0.05, 0) is 63.0 Å². The third kappa shape index (κ3) is 5.34. The number of alkyl halides is 1. The number of carbonyl (C=O) groups excluding carboxylic acids is 1. The van der Waals surface area contributed by atoms with Gasteiger partial charge in [0.05, 0.1) is 17.8 Å². The lowest BCUT2D eigenvalue weighted by Gasteiger charge is -2.33. The maximum Gasteiger partial charge on any atom is 0.233 e. The van der Waals surface area contributed by atoms with Gasteiger partial charge in [0.1, 0.15) is 11.7 Å². The van der Waals surface area contributed by atoms with Crippen LogP contribution >= 0.6 is 11.6 Å². The summed E-state index contributed by atoms with van der Waals surface area (Å²) in [5, 5.41) is 3.40. The number of amides is 1. The van der Waals surface area contributed by atoms with E-state index in [-0.39, 0.29) is 23.8 Å². The topological polar surface area (TPSA) is 74.9 Å². The Kier molecular flexibility index (Phi) is 7.43. The average Bonchev–Trinajstić information content (AvgIpc) is 3.66. The van der Waals surface area contributed by atoms with Gasteiger partial charge in [0.15, 0.2) is 0 Å². The summed E-state index contributed by atoms with van der Waals surface area (Å²) >= 11 is 6.31. The summed E-state index contributed by atoms with van der Waals surface area (Å²) in [7, 11) is 0. The van der Waals surface area contributed by atoms with E-state index >= 15 is 0 Å². The molecule has 1 amide bonds. The molecule has 1 saturated carbocycles. The maximum absolute atomic E-state index is 12.6. The number of guanidine groups is 1. The Morgan fingerprint density at radius 3 is 2.81 bits per heavy atom. The summed E-state index contributed by atoms with van der Waals surface area (Å²) in [5.74, 6) is 3.20. The molecule has 188 valence electrons. The third-order valence-corrected chi connectivity index (χ3v) is 7.74. The lowest BCUT2D eigenvalue weighted by molar-refractivity contribution is -0.133. The molecule has 1 aliphatic heterocycles.